The Balaban J connectivity index is 2.26. The van der Waals surface area contributed by atoms with Crippen LogP contribution in [-0.4, -0.2) is 40.4 Å². The van der Waals surface area contributed by atoms with Crippen molar-refractivity contribution in [3.8, 4) is 5.75 Å². The minimum atomic E-state index is -3.76. The lowest BCUT2D eigenvalue weighted by Gasteiger charge is -2.13. The summed E-state index contributed by atoms with van der Waals surface area (Å²) in [6.45, 7) is 0. The SMILES string of the molecule is COc1ccc(S(=O)(=O)Nc2ccc(C(=O)N(C)C)c(Cl)c2)cc1. The lowest BCUT2D eigenvalue weighted by atomic mass is 10.2. The molecular formula is C16H17ClN2O4S. The second-order valence-electron chi connectivity index (χ2n) is 5.18. The molecule has 0 saturated carbocycles. The molecule has 24 heavy (non-hydrogen) atoms. The molecule has 0 aromatic heterocycles. The Kier molecular flexibility index (Phi) is 5.36. The number of hydrogen-bond acceptors (Lipinski definition) is 4. The van der Waals surface area contributed by atoms with Gasteiger partial charge in [0.1, 0.15) is 5.75 Å². The van der Waals surface area contributed by atoms with E-state index in [1.54, 1.807) is 26.2 Å². The Bertz CT molecular complexity index is 849. The van der Waals surface area contributed by atoms with E-state index in [9.17, 15) is 13.2 Å². The van der Waals surface area contributed by atoms with Gasteiger partial charge in [-0.05, 0) is 42.5 Å². The zero-order valence-corrected chi connectivity index (χ0v) is 15.0. The van der Waals surface area contributed by atoms with Crippen molar-refractivity contribution < 1.29 is 17.9 Å². The molecule has 0 atom stereocenters. The van der Waals surface area contributed by atoms with Crippen LogP contribution >= 0.6 is 11.6 Å². The predicted octanol–water partition coefficient (Wildman–Crippen LogP) is 2.85. The van der Waals surface area contributed by atoms with Gasteiger partial charge in [0.05, 0.1) is 28.3 Å². The van der Waals surface area contributed by atoms with Crippen LogP contribution in [0.2, 0.25) is 5.02 Å². The first-order valence-electron chi connectivity index (χ1n) is 6.92. The molecule has 0 saturated heterocycles. The second kappa shape index (κ2) is 7.11. The number of anilines is 1. The minimum Gasteiger partial charge on any atom is -0.497 e. The van der Waals surface area contributed by atoms with Crippen LogP contribution in [0.4, 0.5) is 5.69 Å². The molecule has 0 unspecified atom stereocenters. The topological polar surface area (TPSA) is 75.7 Å². The van der Waals surface area contributed by atoms with Gasteiger partial charge in [0.2, 0.25) is 0 Å². The van der Waals surface area contributed by atoms with E-state index in [0.717, 1.165) is 0 Å². The van der Waals surface area contributed by atoms with E-state index in [-0.39, 0.29) is 21.5 Å². The van der Waals surface area contributed by atoms with E-state index < -0.39 is 10.0 Å². The number of methoxy groups -OCH3 is 1. The number of rotatable bonds is 5. The largest absolute Gasteiger partial charge is 0.497 e. The van der Waals surface area contributed by atoms with Crippen LogP contribution in [0.15, 0.2) is 47.4 Å². The number of sulfonamides is 1. The molecule has 128 valence electrons. The quantitative estimate of drug-likeness (QED) is 0.880. The fourth-order valence-electron chi connectivity index (χ4n) is 1.96. The Labute approximate surface area is 146 Å². The van der Waals surface area contributed by atoms with Gasteiger partial charge in [-0.2, -0.15) is 0 Å². The van der Waals surface area contributed by atoms with E-state index in [1.807, 2.05) is 0 Å². The van der Waals surface area contributed by atoms with Crippen molar-refractivity contribution in [2.75, 3.05) is 25.9 Å². The van der Waals surface area contributed by atoms with Crippen LogP contribution in [0, 0.1) is 0 Å². The Hall–Kier alpha value is -2.25. The summed E-state index contributed by atoms with van der Waals surface area (Å²) in [6.07, 6.45) is 0. The molecule has 0 aliphatic carbocycles. The van der Waals surface area contributed by atoms with Crippen LogP contribution in [-0.2, 0) is 10.0 Å². The fourth-order valence-corrected chi connectivity index (χ4v) is 3.27. The smallest absolute Gasteiger partial charge is 0.261 e. The number of halogens is 1. The van der Waals surface area contributed by atoms with Gasteiger partial charge >= 0.3 is 0 Å². The molecule has 0 spiro atoms. The molecule has 6 nitrogen and oxygen atoms in total. The van der Waals surface area contributed by atoms with Gasteiger partial charge in [0.15, 0.2) is 0 Å². The van der Waals surface area contributed by atoms with Gasteiger partial charge in [0.25, 0.3) is 15.9 Å². The number of amides is 1. The summed E-state index contributed by atoms with van der Waals surface area (Å²) in [5.74, 6) is 0.299. The number of benzene rings is 2. The third-order valence-corrected chi connectivity index (χ3v) is 4.94. The highest BCUT2D eigenvalue weighted by Gasteiger charge is 2.17. The van der Waals surface area contributed by atoms with Crippen LogP contribution in [0.1, 0.15) is 10.4 Å². The molecule has 0 heterocycles. The number of ether oxygens (including phenoxy) is 1. The van der Waals surface area contributed by atoms with Crippen molar-refractivity contribution in [3.05, 3.63) is 53.1 Å². The lowest BCUT2D eigenvalue weighted by Crippen LogP contribution is -2.22. The number of carbonyl (C=O) groups excluding carboxylic acids is 1. The van der Waals surface area contributed by atoms with E-state index in [4.69, 9.17) is 16.3 Å². The average molecular weight is 369 g/mol. The van der Waals surface area contributed by atoms with Gasteiger partial charge in [-0.3, -0.25) is 9.52 Å². The van der Waals surface area contributed by atoms with E-state index in [0.29, 0.717) is 11.3 Å². The zero-order valence-electron chi connectivity index (χ0n) is 13.4. The molecule has 2 rings (SSSR count). The van der Waals surface area contributed by atoms with E-state index in [2.05, 4.69) is 4.72 Å². The van der Waals surface area contributed by atoms with Gasteiger partial charge in [0, 0.05) is 14.1 Å². The van der Waals surface area contributed by atoms with Gasteiger partial charge < -0.3 is 9.64 Å². The summed E-state index contributed by atoms with van der Waals surface area (Å²) in [5.41, 5.74) is 0.570. The predicted molar refractivity (Wildman–Crippen MR) is 93.3 cm³/mol. The third-order valence-electron chi connectivity index (χ3n) is 3.23. The van der Waals surface area contributed by atoms with Crippen molar-refractivity contribution in [2.24, 2.45) is 0 Å². The molecule has 2 aromatic carbocycles. The van der Waals surface area contributed by atoms with Crippen LogP contribution < -0.4 is 9.46 Å². The molecule has 1 N–H and O–H groups in total. The van der Waals surface area contributed by atoms with Crippen LogP contribution in [0.3, 0.4) is 0 Å². The highest BCUT2D eigenvalue weighted by molar-refractivity contribution is 7.92. The highest BCUT2D eigenvalue weighted by atomic mass is 35.5. The van der Waals surface area contributed by atoms with Crippen LogP contribution in [0.5, 0.6) is 5.75 Å². The van der Waals surface area contributed by atoms with E-state index >= 15 is 0 Å². The Morgan fingerprint density at radius 3 is 2.25 bits per heavy atom. The van der Waals surface area contributed by atoms with Crippen molar-refractivity contribution in [3.63, 3.8) is 0 Å². The maximum atomic E-state index is 12.4. The molecule has 2 aromatic rings. The summed E-state index contributed by atoms with van der Waals surface area (Å²) >= 11 is 6.08. The Morgan fingerprint density at radius 2 is 1.75 bits per heavy atom. The monoisotopic (exact) mass is 368 g/mol. The first kappa shape index (κ1) is 18.1. The molecule has 0 aliphatic heterocycles. The van der Waals surface area contributed by atoms with Crippen LogP contribution in [0.25, 0.3) is 0 Å². The van der Waals surface area contributed by atoms with Gasteiger partial charge in [-0.1, -0.05) is 11.6 Å². The average Bonchev–Trinajstić information content (AvgIpc) is 2.54. The zero-order chi connectivity index (χ0) is 17.9. The number of nitrogens with one attached hydrogen (secondary N) is 1. The minimum absolute atomic E-state index is 0.0906. The van der Waals surface area contributed by atoms with Crippen molar-refractivity contribution >= 4 is 33.2 Å². The first-order valence-corrected chi connectivity index (χ1v) is 8.79. The van der Waals surface area contributed by atoms with E-state index in [1.165, 1.54) is 42.3 Å². The van der Waals surface area contributed by atoms with Crippen molar-refractivity contribution in [1.29, 1.82) is 0 Å². The summed E-state index contributed by atoms with van der Waals surface area (Å²) in [7, 11) is 0.956. The Morgan fingerprint density at radius 1 is 1.12 bits per heavy atom. The molecule has 0 aliphatic rings. The third kappa shape index (κ3) is 3.98. The summed E-state index contributed by atoms with van der Waals surface area (Å²) < 4.78 is 32.2. The van der Waals surface area contributed by atoms with Crippen molar-refractivity contribution in [1.82, 2.24) is 4.90 Å². The number of hydrogen-bond donors (Lipinski definition) is 1. The highest BCUT2D eigenvalue weighted by Crippen LogP contribution is 2.24. The fraction of sp³-hybridized carbons (Fsp3) is 0.188. The molecule has 0 radical (unpaired) electrons. The second-order valence-corrected chi connectivity index (χ2v) is 7.26. The van der Waals surface area contributed by atoms with Crippen molar-refractivity contribution in [2.45, 2.75) is 4.90 Å². The molecule has 8 heteroatoms. The maximum absolute atomic E-state index is 12.4. The molecule has 0 fully saturated rings. The summed E-state index contributed by atoms with van der Waals surface area (Å²) in [5, 5.41) is 0.170. The standard InChI is InChI=1S/C16H17ClN2O4S/c1-19(2)16(20)14-9-4-11(10-15(14)17)18-24(21,22)13-7-5-12(23-3)6-8-13/h4-10,18H,1-3H3. The molecule has 1 amide bonds. The molecule has 0 bridgehead atoms. The normalized spacial score (nSPS) is 11.0. The summed E-state index contributed by atoms with van der Waals surface area (Å²) in [4.78, 5) is 13.4. The van der Waals surface area contributed by atoms with Gasteiger partial charge in [-0.15, -0.1) is 0 Å². The number of carbonyl (C=O) groups is 1. The summed E-state index contributed by atoms with van der Waals surface area (Å²) in [6, 6.07) is 10.4. The van der Waals surface area contributed by atoms with Gasteiger partial charge in [-0.25, -0.2) is 8.42 Å². The number of nitrogens with zero attached hydrogens (tertiary/aromatic N) is 1. The lowest BCUT2D eigenvalue weighted by molar-refractivity contribution is 0.0828. The molecular weight excluding hydrogens is 352 g/mol. The maximum Gasteiger partial charge on any atom is 0.261 e. The first-order chi connectivity index (χ1) is 11.2.